The Balaban J connectivity index is 1.95. The molecule has 7 nitrogen and oxygen atoms in total. The van der Waals surface area contributed by atoms with E-state index in [2.05, 4.69) is 10.1 Å². The first-order valence-electron chi connectivity index (χ1n) is 8.33. The molecule has 0 bridgehead atoms. The van der Waals surface area contributed by atoms with Gasteiger partial charge in [-0.25, -0.2) is 14.3 Å². The van der Waals surface area contributed by atoms with Crippen LogP contribution in [0.5, 0.6) is 0 Å². The predicted molar refractivity (Wildman–Crippen MR) is 102 cm³/mol. The average Bonchev–Trinajstić information content (AvgIpc) is 3.09. The first-order valence-corrected chi connectivity index (χ1v) is 8.71. The maximum absolute atomic E-state index is 13.0. The summed E-state index contributed by atoms with van der Waals surface area (Å²) < 4.78 is 8.01. The fourth-order valence-electron chi connectivity index (χ4n) is 3.02. The van der Waals surface area contributed by atoms with Crippen molar-refractivity contribution in [1.29, 1.82) is 0 Å². The normalized spacial score (nSPS) is 11.2. The third-order valence-corrected chi connectivity index (χ3v) is 4.80. The molecule has 27 heavy (non-hydrogen) atoms. The minimum Gasteiger partial charge on any atom is -0.462 e. The van der Waals surface area contributed by atoms with Crippen molar-refractivity contribution < 1.29 is 9.53 Å². The van der Waals surface area contributed by atoms with Gasteiger partial charge in [0.15, 0.2) is 5.65 Å². The molecule has 4 rings (SSSR count). The van der Waals surface area contributed by atoms with Gasteiger partial charge in [-0.15, -0.1) is 0 Å². The van der Waals surface area contributed by atoms with Gasteiger partial charge in [0.1, 0.15) is 5.56 Å². The number of esters is 1. The second-order valence-electron chi connectivity index (χ2n) is 5.95. The second kappa shape index (κ2) is 6.51. The number of carbonyl (C=O) groups excluding carboxylic acids is 1. The second-order valence-corrected chi connectivity index (χ2v) is 6.35. The number of nitrogens with zero attached hydrogens (tertiary/aromatic N) is 4. The summed E-state index contributed by atoms with van der Waals surface area (Å²) in [5.41, 5.74) is 2.41. The van der Waals surface area contributed by atoms with Crippen LogP contribution in [0.4, 0.5) is 0 Å². The summed E-state index contributed by atoms with van der Waals surface area (Å²) in [6, 6.07) is 7.15. The van der Waals surface area contributed by atoms with Crippen LogP contribution in [0.3, 0.4) is 0 Å². The molecule has 1 aromatic carbocycles. The quantitative estimate of drug-likeness (QED) is 0.508. The van der Waals surface area contributed by atoms with Crippen molar-refractivity contribution >= 4 is 34.1 Å². The Labute approximate surface area is 158 Å². The number of ether oxygens (including phenoxy) is 1. The van der Waals surface area contributed by atoms with E-state index in [1.165, 1.54) is 21.5 Å². The lowest BCUT2D eigenvalue weighted by Gasteiger charge is -2.11. The molecule has 136 valence electrons. The van der Waals surface area contributed by atoms with Crippen molar-refractivity contribution in [2.75, 3.05) is 6.61 Å². The topological polar surface area (TPSA) is 78.5 Å². The molecule has 0 radical (unpaired) electrons. The van der Waals surface area contributed by atoms with Gasteiger partial charge in [0.25, 0.3) is 5.56 Å². The predicted octanol–water partition coefficient (Wildman–Crippen LogP) is 3.17. The van der Waals surface area contributed by atoms with Crippen LogP contribution in [-0.4, -0.2) is 31.7 Å². The number of hydrogen-bond donors (Lipinski definition) is 0. The third kappa shape index (κ3) is 2.67. The Morgan fingerprint density at radius 1 is 1.26 bits per heavy atom. The Morgan fingerprint density at radius 2 is 2.07 bits per heavy atom. The molecular weight excluding hydrogens is 368 g/mol. The fraction of sp³-hybridized carbons (Fsp3) is 0.158. The van der Waals surface area contributed by atoms with Crippen LogP contribution in [0.2, 0.25) is 5.02 Å². The van der Waals surface area contributed by atoms with Gasteiger partial charge < -0.3 is 4.74 Å². The van der Waals surface area contributed by atoms with Gasteiger partial charge in [-0.1, -0.05) is 17.7 Å². The zero-order chi connectivity index (χ0) is 19.1. The van der Waals surface area contributed by atoms with Crippen molar-refractivity contribution in [3.8, 4) is 5.69 Å². The largest absolute Gasteiger partial charge is 0.462 e. The highest BCUT2D eigenvalue weighted by molar-refractivity contribution is 6.31. The smallest absolute Gasteiger partial charge is 0.343 e. The summed E-state index contributed by atoms with van der Waals surface area (Å²) in [6.07, 6.45) is 4.51. The van der Waals surface area contributed by atoms with Gasteiger partial charge in [-0.05, 0) is 37.6 Å². The van der Waals surface area contributed by atoms with Gasteiger partial charge in [-0.3, -0.25) is 9.36 Å². The number of halogens is 1. The Morgan fingerprint density at radius 3 is 2.85 bits per heavy atom. The zero-order valence-electron chi connectivity index (χ0n) is 14.6. The van der Waals surface area contributed by atoms with Crippen LogP contribution in [0.1, 0.15) is 22.8 Å². The van der Waals surface area contributed by atoms with Crippen LogP contribution in [0, 0.1) is 6.92 Å². The number of fused-ring (bicyclic) bond motifs is 3. The molecule has 0 spiro atoms. The van der Waals surface area contributed by atoms with E-state index < -0.39 is 5.97 Å². The van der Waals surface area contributed by atoms with Gasteiger partial charge >= 0.3 is 5.97 Å². The lowest BCUT2D eigenvalue weighted by molar-refractivity contribution is 0.0528. The first-order chi connectivity index (χ1) is 13.0. The van der Waals surface area contributed by atoms with Gasteiger partial charge in [-0.2, -0.15) is 5.10 Å². The molecule has 0 saturated heterocycles. The van der Waals surface area contributed by atoms with Crippen molar-refractivity contribution in [3.05, 3.63) is 69.4 Å². The van der Waals surface area contributed by atoms with E-state index in [-0.39, 0.29) is 17.7 Å². The van der Waals surface area contributed by atoms with Crippen LogP contribution in [0.15, 0.2) is 47.7 Å². The maximum Gasteiger partial charge on any atom is 0.343 e. The number of aromatic nitrogens is 4. The Hall–Kier alpha value is -3.19. The van der Waals surface area contributed by atoms with E-state index in [4.69, 9.17) is 16.3 Å². The average molecular weight is 383 g/mol. The number of hydrogen-bond acceptors (Lipinski definition) is 5. The highest BCUT2D eigenvalue weighted by Crippen LogP contribution is 2.22. The number of pyridine rings is 1. The van der Waals surface area contributed by atoms with E-state index in [1.54, 1.807) is 31.3 Å². The summed E-state index contributed by atoms with van der Waals surface area (Å²) in [6.45, 7) is 3.84. The maximum atomic E-state index is 13.0. The van der Waals surface area contributed by atoms with Crippen molar-refractivity contribution in [2.24, 2.45) is 0 Å². The molecule has 0 aliphatic carbocycles. The van der Waals surface area contributed by atoms with Crippen LogP contribution in [0.25, 0.3) is 22.2 Å². The molecule has 0 saturated carbocycles. The molecule has 0 unspecified atom stereocenters. The Bertz CT molecular complexity index is 1260. The number of rotatable bonds is 3. The summed E-state index contributed by atoms with van der Waals surface area (Å²) >= 11 is 6.18. The molecular formula is C19H15ClN4O3. The summed E-state index contributed by atoms with van der Waals surface area (Å²) in [7, 11) is 0. The SMILES string of the molecule is CCOC(=O)c1cnn2c1ncc1c(=O)n(-c3cccc(Cl)c3C)ccc12. The van der Waals surface area contributed by atoms with Gasteiger partial charge in [0.05, 0.1) is 29.4 Å². The molecule has 0 atom stereocenters. The highest BCUT2D eigenvalue weighted by atomic mass is 35.5. The standard InChI is InChI=1S/C19H15ClN4O3/c1-3-27-19(26)13-10-22-24-16-7-8-23(15-6-4-5-14(20)11(15)2)18(25)12(16)9-21-17(13)24/h4-10H,3H2,1-2H3. The van der Waals surface area contributed by atoms with Gasteiger partial charge in [0, 0.05) is 17.4 Å². The molecule has 0 aliphatic heterocycles. The molecule has 8 heteroatoms. The number of benzene rings is 1. The van der Waals surface area contributed by atoms with E-state index in [0.717, 1.165) is 5.56 Å². The lowest BCUT2D eigenvalue weighted by atomic mass is 10.2. The minimum absolute atomic E-state index is 0.250. The third-order valence-electron chi connectivity index (χ3n) is 4.39. The number of carbonyl (C=O) groups is 1. The fourth-order valence-corrected chi connectivity index (χ4v) is 3.19. The summed E-state index contributed by atoms with van der Waals surface area (Å²) in [5.74, 6) is -0.498. The van der Waals surface area contributed by atoms with Crippen LogP contribution >= 0.6 is 11.6 Å². The highest BCUT2D eigenvalue weighted by Gasteiger charge is 2.18. The molecule has 0 aliphatic rings. The summed E-state index contributed by atoms with van der Waals surface area (Å²) in [4.78, 5) is 29.3. The van der Waals surface area contributed by atoms with E-state index in [0.29, 0.717) is 27.3 Å². The zero-order valence-corrected chi connectivity index (χ0v) is 15.4. The van der Waals surface area contributed by atoms with Crippen molar-refractivity contribution in [2.45, 2.75) is 13.8 Å². The van der Waals surface area contributed by atoms with E-state index in [1.807, 2.05) is 13.0 Å². The first kappa shape index (κ1) is 17.2. The lowest BCUT2D eigenvalue weighted by Crippen LogP contribution is -2.19. The van der Waals surface area contributed by atoms with E-state index >= 15 is 0 Å². The summed E-state index contributed by atoms with van der Waals surface area (Å²) in [5, 5.41) is 5.17. The van der Waals surface area contributed by atoms with Crippen molar-refractivity contribution in [1.82, 2.24) is 19.2 Å². The minimum atomic E-state index is -0.498. The molecule has 4 aromatic rings. The monoisotopic (exact) mass is 382 g/mol. The molecule has 3 heterocycles. The Kier molecular flexibility index (Phi) is 4.16. The van der Waals surface area contributed by atoms with Crippen LogP contribution in [-0.2, 0) is 4.74 Å². The molecule has 0 N–H and O–H groups in total. The molecule has 0 fully saturated rings. The molecule has 0 amide bonds. The van der Waals surface area contributed by atoms with Crippen LogP contribution < -0.4 is 5.56 Å². The van der Waals surface area contributed by atoms with Crippen molar-refractivity contribution in [3.63, 3.8) is 0 Å². The van der Waals surface area contributed by atoms with E-state index in [9.17, 15) is 9.59 Å². The van der Waals surface area contributed by atoms with Gasteiger partial charge in [0.2, 0.25) is 0 Å². The molecule has 3 aromatic heterocycles.